The van der Waals surface area contributed by atoms with E-state index in [2.05, 4.69) is 181 Å². The maximum atomic E-state index is 5.80. The second-order valence-electron chi connectivity index (χ2n) is 13.1. The van der Waals surface area contributed by atoms with Crippen molar-refractivity contribution in [2.75, 3.05) is 24.0 Å². The normalized spacial score (nSPS) is 11.2. The molecule has 7 aromatic carbocycles. The monoisotopic (exact) mass is 704 g/mol. The molecule has 0 unspecified atom stereocenters. The quantitative estimate of drug-likeness (QED) is 0.118. The molecule has 266 valence electrons. The van der Waals surface area contributed by atoms with Crippen LogP contribution < -0.4 is 19.3 Å². The van der Waals surface area contributed by atoms with Crippen LogP contribution in [-0.2, 0) is 0 Å². The molecule has 0 fully saturated rings. The molecular weight excluding hydrogens is 661 g/mol. The van der Waals surface area contributed by atoms with E-state index in [1.54, 1.807) is 14.2 Å². The Labute approximate surface area is 319 Å². The summed E-state index contributed by atoms with van der Waals surface area (Å²) in [6.45, 7) is 4.24. The molecule has 4 nitrogen and oxygen atoms in total. The summed E-state index contributed by atoms with van der Waals surface area (Å²) >= 11 is 0. The first-order valence-corrected chi connectivity index (χ1v) is 18.2. The van der Waals surface area contributed by atoms with Gasteiger partial charge in [-0.05, 0) is 108 Å². The highest BCUT2D eigenvalue weighted by Crippen LogP contribution is 2.43. The minimum atomic E-state index is 0.837. The lowest BCUT2D eigenvalue weighted by Crippen LogP contribution is -2.12. The summed E-state index contributed by atoms with van der Waals surface area (Å²) in [6.07, 6.45) is 8.62. The van der Waals surface area contributed by atoms with Gasteiger partial charge in [0.25, 0.3) is 0 Å². The molecular formula is C50H44N2O2. The number of hydrogen-bond donors (Lipinski definition) is 0. The predicted octanol–water partition coefficient (Wildman–Crippen LogP) is 13.6. The van der Waals surface area contributed by atoms with Crippen LogP contribution in [-0.4, -0.2) is 14.2 Å². The van der Waals surface area contributed by atoms with Gasteiger partial charge in [-0.3, -0.25) is 0 Å². The molecule has 0 aliphatic carbocycles. The Balaban J connectivity index is 1.05. The van der Waals surface area contributed by atoms with E-state index in [1.807, 2.05) is 36.4 Å². The molecule has 0 radical (unpaired) electrons. The van der Waals surface area contributed by atoms with Crippen LogP contribution in [0.4, 0.5) is 34.1 Å². The van der Waals surface area contributed by atoms with Gasteiger partial charge in [-0.2, -0.15) is 0 Å². The number of methoxy groups -OCH3 is 2. The summed E-state index contributed by atoms with van der Waals surface area (Å²) in [7, 11) is 3.45. The van der Waals surface area contributed by atoms with Gasteiger partial charge in [0.2, 0.25) is 0 Å². The van der Waals surface area contributed by atoms with Crippen molar-refractivity contribution >= 4 is 58.4 Å². The standard InChI is InChI=1S/C50H44N2O2/c1-37-13-11-19-47(53-3)49(37)51(43-15-7-5-8-16-43)45-33-29-41(30-34-45)27-25-39-21-23-40(24-22-39)26-28-42-31-35-46(36-32-42)52(44-17-9-6-10-18-44)50-38(2)14-12-20-48(50)54-4/h5-36H,1-4H3/b27-25+,28-26+. The lowest BCUT2D eigenvalue weighted by molar-refractivity contribution is 0.415. The smallest absolute Gasteiger partial charge is 0.143 e. The maximum absolute atomic E-state index is 5.80. The van der Waals surface area contributed by atoms with E-state index in [0.29, 0.717) is 0 Å². The number of anilines is 6. The van der Waals surface area contributed by atoms with Crippen LogP contribution in [0.1, 0.15) is 33.4 Å². The highest BCUT2D eigenvalue weighted by atomic mass is 16.5. The first-order chi connectivity index (χ1) is 26.5. The average Bonchev–Trinajstić information content (AvgIpc) is 3.22. The van der Waals surface area contributed by atoms with Crippen LogP contribution in [0.3, 0.4) is 0 Å². The molecule has 7 rings (SSSR count). The third-order valence-electron chi connectivity index (χ3n) is 9.49. The molecule has 0 bridgehead atoms. The zero-order valence-corrected chi connectivity index (χ0v) is 31.2. The van der Waals surface area contributed by atoms with E-state index in [-0.39, 0.29) is 0 Å². The Hall–Kier alpha value is -6.78. The lowest BCUT2D eigenvalue weighted by Gasteiger charge is -2.28. The zero-order valence-electron chi connectivity index (χ0n) is 31.2. The predicted molar refractivity (Wildman–Crippen MR) is 229 cm³/mol. The van der Waals surface area contributed by atoms with Gasteiger partial charge in [-0.25, -0.2) is 0 Å². The van der Waals surface area contributed by atoms with Crippen LogP contribution in [0.15, 0.2) is 170 Å². The third-order valence-corrected chi connectivity index (χ3v) is 9.49. The molecule has 0 aliphatic rings. The molecule has 0 aromatic heterocycles. The van der Waals surface area contributed by atoms with Crippen molar-refractivity contribution < 1.29 is 9.47 Å². The summed E-state index contributed by atoms with van der Waals surface area (Å²) in [5.74, 6) is 1.67. The van der Waals surface area contributed by atoms with Gasteiger partial charge in [-0.1, -0.05) is 133 Å². The van der Waals surface area contributed by atoms with Crippen LogP contribution in [0.2, 0.25) is 0 Å². The summed E-state index contributed by atoms with van der Waals surface area (Å²) in [5.41, 5.74) is 13.2. The summed E-state index contributed by atoms with van der Waals surface area (Å²) < 4.78 is 11.6. The second kappa shape index (κ2) is 16.7. The first-order valence-electron chi connectivity index (χ1n) is 18.2. The number of para-hydroxylation sites is 4. The summed E-state index contributed by atoms with van der Waals surface area (Å²) in [6, 6.07) is 59.1. The minimum Gasteiger partial charge on any atom is -0.495 e. The van der Waals surface area contributed by atoms with Gasteiger partial charge in [0.05, 0.1) is 25.6 Å². The molecule has 0 saturated heterocycles. The van der Waals surface area contributed by atoms with Crippen LogP contribution in [0.5, 0.6) is 11.5 Å². The van der Waals surface area contributed by atoms with Gasteiger partial charge in [0.15, 0.2) is 0 Å². The summed E-state index contributed by atoms with van der Waals surface area (Å²) in [4.78, 5) is 4.51. The van der Waals surface area contributed by atoms with E-state index in [1.165, 1.54) is 0 Å². The average molecular weight is 705 g/mol. The maximum Gasteiger partial charge on any atom is 0.143 e. The molecule has 0 aliphatic heterocycles. The van der Waals surface area contributed by atoms with Crippen molar-refractivity contribution in [1.82, 2.24) is 0 Å². The fraction of sp³-hybridized carbons (Fsp3) is 0.0800. The minimum absolute atomic E-state index is 0.837. The van der Waals surface area contributed by atoms with Crippen LogP contribution >= 0.6 is 0 Å². The van der Waals surface area contributed by atoms with E-state index in [9.17, 15) is 0 Å². The fourth-order valence-corrected chi connectivity index (χ4v) is 6.71. The lowest BCUT2D eigenvalue weighted by atomic mass is 10.1. The number of aryl methyl sites for hydroxylation is 2. The van der Waals surface area contributed by atoms with Crippen molar-refractivity contribution in [3.63, 3.8) is 0 Å². The third kappa shape index (κ3) is 7.99. The SMILES string of the molecule is COc1cccc(C)c1N(c1ccccc1)c1ccc(/C=C/c2ccc(/C=C/c3ccc(N(c4ccccc4)c4c(C)cccc4OC)cc3)cc2)cc1. The van der Waals surface area contributed by atoms with Crippen LogP contribution in [0.25, 0.3) is 24.3 Å². The molecule has 4 heteroatoms. The van der Waals surface area contributed by atoms with E-state index in [0.717, 1.165) is 79.0 Å². The van der Waals surface area contributed by atoms with Gasteiger partial charge in [0.1, 0.15) is 11.5 Å². The Morgan fingerprint density at radius 2 is 0.630 bits per heavy atom. The zero-order chi connectivity index (χ0) is 37.3. The van der Waals surface area contributed by atoms with Crippen molar-refractivity contribution in [3.8, 4) is 11.5 Å². The first kappa shape index (κ1) is 35.6. The largest absolute Gasteiger partial charge is 0.495 e. The Bertz CT molecular complexity index is 2180. The number of benzene rings is 7. The van der Waals surface area contributed by atoms with Crippen LogP contribution in [0, 0.1) is 13.8 Å². The number of nitrogens with zero attached hydrogens (tertiary/aromatic N) is 2. The van der Waals surface area contributed by atoms with Crippen molar-refractivity contribution in [2.24, 2.45) is 0 Å². The van der Waals surface area contributed by atoms with Crippen molar-refractivity contribution in [1.29, 1.82) is 0 Å². The molecule has 0 saturated carbocycles. The van der Waals surface area contributed by atoms with Gasteiger partial charge in [0, 0.05) is 22.7 Å². The molecule has 7 aromatic rings. The number of hydrogen-bond acceptors (Lipinski definition) is 4. The Morgan fingerprint density at radius 1 is 0.333 bits per heavy atom. The summed E-state index contributed by atoms with van der Waals surface area (Å²) in [5, 5.41) is 0. The molecule has 0 amide bonds. The van der Waals surface area contributed by atoms with E-state index >= 15 is 0 Å². The molecule has 0 N–H and O–H groups in total. The highest BCUT2D eigenvalue weighted by molar-refractivity contribution is 5.84. The van der Waals surface area contributed by atoms with Gasteiger partial charge in [-0.15, -0.1) is 0 Å². The molecule has 54 heavy (non-hydrogen) atoms. The topological polar surface area (TPSA) is 24.9 Å². The van der Waals surface area contributed by atoms with Gasteiger partial charge >= 0.3 is 0 Å². The highest BCUT2D eigenvalue weighted by Gasteiger charge is 2.20. The van der Waals surface area contributed by atoms with Gasteiger partial charge < -0.3 is 19.3 Å². The van der Waals surface area contributed by atoms with E-state index in [4.69, 9.17) is 9.47 Å². The number of rotatable bonds is 12. The molecule has 0 heterocycles. The Morgan fingerprint density at radius 3 is 0.944 bits per heavy atom. The Kier molecular flexibility index (Phi) is 11.0. The van der Waals surface area contributed by atoms with E-state index < -0.39 is 0 Å². The second-order valence-corrected chi connectivity index (χ2v) is 13.1. The molecule has 0 spiro atoms. The fourth-order valence-electron chi connectivity index (χ4n) is 6.71. The van der Waals surface area contributed by atoms with Crippen molar-refractivity contribution in [3.05, 3.63) is 203 Å². The number of ether oxygens (including phenoxy) is 2. The molecule has 0 atom stereocenters. The van der Waals surface area contributed by atoms with Crippen molar-refractivity contribution in [2.45, 2.75) is 13.8 Å².